The molecule has 1 aromatic heterocycles. The van der Waals surface area contributed by atoms with Crippen LogP contribution in [0.3, 0.4) is 0 Å². The van der Waals surface area contributed by atoms with Gasteiger partial charge in [-0.05, 0) is 19.5 Å². The first-order chi connectivity index (χ1) is 10.5. The third kappa shape index (κ3) is 3.98. The Labute approximate surface area is 134 Å². The lowest BCUT2D eigenvalue weighted by molar-refractivity contribution is 0.126. The average Bonchev–Trinajstić information content (AvgIpc) is 2.53. The molecule has 0 saturated heterocycles. The fourth-order valence-corrected chi connectivity index (χ4v) is 2.80. The first-order valence-electron chi connectivity index (χ1n) is 8.19. The maximum atomic E-state index is 6.15. The number of hydrogen-bond acceptors (Lipinski definition) is 7. The first kappa shape index (κ1) is 18.4. The highest BCUT2D eigenvalue weighted by atomic mass is 15.7. The second-order valence-corrected chi connectivity index (χ2v) is 5.10. The SMILES string of the molecule is CCC(N(CC)CC)N(c1nc(N)ncc1N)N(CC)CC. The number of nitrogens with zero attached hydrogens (tertiary/aromatic N) is 5. The van der Waals surface area contributed by atoms with Crippen molar-refractivity contribution in [2.45, 2.75) is 47.2 Å². The van der Waals surface area contributed by atoms with Gasteiger partial charge in [0.25, 0.3) is 0 Å². The number of nitrogens with two attached hydrogens (primary N) is 2. The Bertz CT molecular complexity index is 444. The van der Waals surface area contributed by atoms with E-state index in [2.05, 4.69) is 59.5 Å². The summed E-state index contributed by atoms with van der Waals surface area (Å²) < 4.78 is 0. The first-order valence-corrected chi connectivity index (χ1v) is 8.19. The molecule has 1 unspecified atom stereocenters. The van der Waals surface area contributed by atoms with Crippen molar-refractivity contribution in [1.29, 1.82) is 0 Å². The molecule has 0 aliphatic rings. The molecule has 0 bridgehead atoms. The van der Waals surface area contributed by atoms with Crippen LogP contribution < -0.4 is 16.5 Å². The summed E-state index contributed by atoms with van der Waals surface area (Å²) in [6, 6.07) is 0. The van der Waals surface area contributed by atoms with E-state index in [1.54, 1.807) is 6.20 Å². The molecular formula is C15H31N7. The molecule has 7 heteroatoms. The van der Waals surface area contributed by atoms with Crippen LogP contribution in [0, 0.1) is 0 Å². The molecule has 22 heavy (non-hydrogen) atoms. The molecule has 0 aliphatic carbocycles. The molecule has 1 atom stereocenters. The Hall–Kier alpha value is -1.60. The van der Waals surface area contributed by atoms with Crippen LogP contribution in [0.15, 0.2) is 6.20 Å². The molecule has 0 fully saturated rings. The van der Waals surface area contributed by atoms with Crippen LogP contribution >= 0.6 is 0 Å². The maximum Gasteiger partial charge on any atom is 0.222 e. The number of anilines is 3. The van der Waals surface area contributed by atoms with E-state index in [0.717, 1.165) is 32.6 Å². The summed E-state index contributed by atoms with van der Waals surface area (Å²) in [6.07, 6.45) is 2.73. The fraction of sp³-hybridized carbons (Fsp3) is 0.733. The van der Waals surface area contributed by atoms with Crippen LogP contribution in [-0.2, 0) is 0 Å². The summed E-state index contributed by atoms with van der Waals surface area (Å²) in [7, 11) is 0. The number of hydrazine groups is 1. The molecule has 0 spiro atoms. The van der Waals surface area contributed by atoms with Gasteiger partial charge in [-0.25, -0.2) is 9.99 Å². The van der Waals surface area contributed by atoms with E-state index in [1.165, 1.54) is 0 Å². The summed E-state index contributed by atoms with van der Waals surface area (Å²) in [5.74, 6) is 0.936. The van der Waals surface area contributed by atoms with Gasteiger partial charge in [-0.3, -0.25) is 9.91 Å². The molecule has 0 amide bonds. The highest BCUT2D eigenvalue weighted by Gasteiger charge is 2.29. The molecule has 0 saturated carbocycles. The van der Waals surface area contributed by atoms with Gasteiger partial charge < -0.3 is 11.5 Å². The van der Waals surface area contributed by atoms with Crippen LogP contribution in [0.4, 0.5) is 17.5 Å². The van der Waals surface area contributed by atoms with Crippen molar-refractivity contribution in [1.82, 2.24) is 19.9 Å². The van der Waals surface area contributed by atoms with E-state index in [4.69, 9.17) is 11.5 Å². The molecule has 0 radical (unpaired) electrons. The monoisotopic (exact) mass is 309 g/mol. The van der Waals surface area contributed by atoms with Crippen molar-refractivity contribution >= 4 is 17.5 Å². The number of hydrogen-bond donors (Lipinski definition) is 2. The van der Waals surface area contributed by atoms with Crippen LogP contribution in [-0.4, -0.2) is 52.2 Å². The third-order valence-electron chi connectivity index (χ3n) is 3.95. The Kier molecular flexibility index (Phi) is 7.34. The van der Waals surface area contributed by atoms with Gasteiger partial charge >= 0.3 is 0 Å². The van der Waals surface area contributed by atoms with Gasteiger partial charge in [0.1, 0.15) is 0 Å². The quantitative estimate of drug-likeness (QED) is 0.531. The molecule has 0 aromatic carbocycles. The summed E-state index contributed by atoms with van der Waals surface area (Å²) in [4.78, 5) is 10.8. The van der Waals surface area contributed by atoms with E-state index in [1.807, 2.05) is 0 Å². The van der Waals surface area contributed by atoms with Crippen LogP contribution in [0.5, 0.6) is 0 Å². The minimum Gasteiger partial charge on any atom is -0.394 e. The Balaban J connectivity index is 3.36. The normalized spacial score (nSPS) is 12.9. The van der Waals surface area contributed by atoms with Crippen molar-refractivity contribution < 1.29 is 0 Å². The molecular weight excluding hydrogens is 278 g/mol. The summed E-state index contributed by atoms with van der Waals surface area (Å²) in [6.45, 7) is 14.5. The minimum atomic E-state index is 0.187. The lowest BCUT2D eigenvalue weighted by Gasteiger charge is -2.44. The fourth-order valence-electron chi connectivity index (χ4n) is 2.80. The van der Waals surface area contributed by atoms with Crippen LogP contribution in [0.1, 0.15) is 41.0 Å². The average molecular weight is 309 g/mol. The largest absolute Gasteiger partial charge is 0.394 e. The predicted octanol–water partition coefficient (Wildman–Crippen LogP) is 1.78. The van der Waals surface area contributed by atoms with E-state index in [-0.39, 0.29) is 12.1 Å². The lowest BCUT2D eigenvalue weighted by atomic mass is 10.2. The predicted molar refractivity (Wildman–Crippen MR) is 93.3 cm³/mol. The van der Waals surface area contributed by atoms with Gasteiger partial charge in [-0.2, -0.15) is 4.98 Å². The maximum absolute atomic E-state index is 6.15. The van der Waals surface area contributed by atoms with Crippen LogP contribution in [0.25, 0.3) is 0 Å². The molecule has 1 rings (SSSR count). The standard InChI is InChI=1S/C15H31N7/c1-6-13(20(7-2)8-3)22(21(9-4)10-5)14-12(16)11-18-15(17)19-14/h11,13H,6-10,16H2,1-5H3,(H2,17,18,19). The molecule has 1 heterocycles. The molecule has 126 valence electrons. The number of aromatic nitrogens is 2. The smallest absolute Gasteiger partial charge is 0.222 e. The van der Waals surface area contributed by atoms with Gasteiger partial charge in [0.05, 0.1) is 18.1 Å². The summed E-state index contributed by atoms with van der Waals surface area (Å²) in [5.41, 5.74) is 12.5. The van der Waals surface area contributed by atoms with E-state index < -0.39 is 0 Å². The zero-order valence-electron chi connectivity index (χ0n) is 14.6. The molecule has 0 aliphatic heterocycles. The topological polar surface area (TPSA) is 87.5 Å². The zero-order valence-corrected chi connectivity index (χ0v) is 14.6. The number of rotatable bonds is 9. The molecule has 1 aromatic rings. The summed E-state index contributed by atoms with van der Waals surface area (Å²) >= 11 is 0. The van der Waals surface area contributed by atoms with E-state index >= 15 is 0 Å². The van der Waals surface area contributed by atoms with Crippen molar-refractivity contribution in [2.24, 2.45) is 0 Å². The van der Waals surface area contributed by atoms with Crippen molar-refractivity contribution in [3.05, 3.63) is 6.20 Å². The summed E-state index contributed by atoms with van der Waals surface area (Å²) in [5, 5.41) is 4.42. The highest BCUT2D eigenvalue weighted by Crippen LogP contribution is 2.27. The Morgan fingerprint density at radius 3 is 2.05 bits per heavy atom. The van der Waals surface area contributed by atoms with E-state index in [0.29, 0.717) is 11.5 Å². The van der Waals surface area contributed by atoms with Gasteiger partial charge in [0.2, 0.25) is 5.95 Å². The van der Waals surface area contributed by atoms with Gasteiger partial charge in [-0.15, -0.1) is 0 Å². The highest BCUT2D eigenvalue weighted by molar-refractivity contribution is 5.62. The zero-order chi connectivity index (χ0) is 16.7. The van der Waals surface area contributed by atoms with Crippen LogP contribution in [0.2, 0.25) is 0 Å². The van der Waals surface area contributed by atoms with Gasteiger partial charge in [0, 0.05) is 13.1 Å². The second kappa shape index (κ2) is 8.75. The Morgan fingerprint density at radius 1 is 1.00 bits per heavy atom. The Morgan fingerprint density at radius 2 is 1.59 bits per heavy atom. The van der Waals surface area contributed by atoms with Crippen molar-refractivity contribution in [3.8, 4) is 0 Å². The molecule has 4 N–H and O–H groups in total. The van der Waals surface area contributed by atoms with E-state index in [9.17, 15) is 0 Å². The van der Waals surface area contributed by atoms with Crippen molar-refractivity contribution in [3.63, 3.8) is 0 Å². The lowest BCUT2D eigenvalue weighted by Crippen LogP contribution is -2.56. The van der Waals surface area contributed by atoms with Crippen molar-refractivity contribution in [2.75, 3.05) is 42.7 Å². The van der Waals surface area contributed by atoms with Gasteiger partial charge in [0.15, 0.2) is 5.82 Å². The number of nitrogen functional groups attached to an aromatic ring is 2. The second-order valence-electron chi connectivity index (χ2n) is 5.10. The molecule has 7 nitrogen and oxygen atoms in total. The minimum absolute atomic E-state index is 0.187. The third-order valence-corrected chi connectivity index (χ3v) is 3.95. The van der Waals surface area contributed by atoms with Gasteiger partial charge in [-0.1, -0.05) is 34.6 Å².